The van der Waals surface area contributed by atoms with Crippen LogP contribution in [0.2, 0.25) is 0 Å². The maximum absolute atomic E-state index is 13.7. The van der Waals surface area contributed by atoms with Crippen molar-refractivity contribution in [3.05, 3.63) is 99.5 Å². The lowest BCUT2D eigenvalue weighted by Crippen LogP contribution is -2.49. The number of carbonyl (C=O) groups is 2. The molecule has 0 heterocycles. The van der Waals surface area contributed by atoms with E-state index in [1.54, 1.807) is 18.0 Å². The van der Waals surface area contributed by atoms with Crippen LogP contribution in [-0.4, -0.2) is 51.0 Å². The predicted octanol–water partition coefficient (Wildman–Crippen LogP) is 5.00. The number of anilines is 1. The van der Waals surface area contributed by atoms with E-state index in [0.717, 1.165) is 26.7 Å². The number of nitrogens with zero attached hydrogens (tertiary/aromatic N) is 2. The minimum Gasteiger partial charge on any atom is -0.357 e. The van der Waals surface area contributed by atoms with Crippen LogP contribution in [0, 0.1) is 13.8 Å². The van der Waals surface area contributed by atoms with Crippen molar-refractivity contribution in [3.63, 3.8) is 0 Å². The molecule has 0 bridgehead atoms. The van der Waals surface area contributed by atoms with Crippen LogP contribution in [0.15, 0.2) is 77.3 Å². The summed E-state index contributed by atoms with van der Waals surface area (Å²) in [6, 6.07) is 22.0. The molecule has 0 aromatic heterocycles. The third-order valence-corrected chi connectivity index (χ3v) is 8.38. The zero-order valence-electron chi connectivity index (χ0n) is 22.9. The zero-order chi connectivity index (χ0) is 28.6. The quantitative estimate of drug-likeness (QED) is 0.311. The van der Waals surface area contributed by atoms with Gasteiger partial charge >= 0.3 is 0 Å². The molecule has 0 aliphatic rings. The Labute approximate surface area is 240 Å². The highest BCUT2D eigenvalue weighted by Gasteiger charge is 2.30. The molecule has 2 amide bonds. The summed E-state index contributed by atoms with van der Waals surface area (Å²) in [7, 11) is -1.99. The molecule has 9 heteroatoms. The van der Waals surface area contributed by atoms with E-state index in [9.17, 15) is 18.0 Å². The summed E-state index contributed by atoms with van der Waals surface area (Å²) < 4.78 is 27.5. The molecule has 3 rings (SSSR count). The van der Waals surface area contributed by atoms with Gasteiger partial charge in [0.15, 0.2) is 0 Å². The number of sulfonamides is 1. The SMILES string of the molecule is CNC(=O)[C@H](Cc1ccccc1)N(Cc1cccc(Br)c1)C(=O)CCCN(c1ccc(C)c(C)c1)S(C)(=O)=O. The average molecular weight is 615 g/mol. The lowest BCUT2D eigenvalue weighted by atomic mass is 10.0. The first-order valence-electron chi connectivity index (χ1n) is 12.8. The van der Waals surface area contributed by atoms with Crippen molar-refractivity contribution in [2.75, 3.05) is 24.2 Å². The van der Waals surface area contributed by atoms with Gasteiger partial charge in [-0.3, -0.25) is 13.9 Å². The van der Waals surface area contributed by atoms with Crippen LogP contribution < -0.4 is 9.62 Å². The minimum absolute atomic E-state index is 0.0904. The van der Waals surface area contributed by atoms with Gasteiger partial charge in [-0.1, -0.05) is 64.5 Å². The fourth-order valence-electron chi connectivity index (χ4n) is 4.44. The number of amides is 2. The fourth-order valence-corrected chi connectivity index (χ4v) is 5.84. The molecule has 0 spiro atoms. The number of hydrogen-bond donors (Lipinski definition) is 1. The van der Waals surface area contributed by atoms with E-state index in [-0.39, 0.29) is 31.3 Å². The van der Waals surface area contributed by atoms with Gasteiger partial charge in [-0.25, -0.2) is 8.42 Å². The van der Waals surface area contributed by atoms with Crippen molar-refractivity contribution >= 4 is 43.5 Å². The predicted molar refractivity (Wildman–Crippen MR) is 160 cm³/mol. The van der Waals surface area contributed by atoms with Crippen LogP contribution in [0.1, 0.15) is 35.1 Å². The number of halogens is 1. The molecule has 1 atom stereocenters. The first-order valence-corrected chi connectivity index (χ1v) is 15.5. The second-order valence-electron chi connectivity index (χ2n) is 9.68. The summed E-state index contributed by atoms with van der Waals surface area (Å²) in [5, 5.41) is 2.71. The Kier molecular flexibility index (Phi) is 10.7. The van der Waals surface area contributed by atoms with Gasteiger partial charge in [0.1, 0.15) is 6.04 Å². The van der Waals surface area contributed by atoms with Crippen molar-refractivity contribution in [1.82, 2.24) is 10.2 Å². The van der Waals surface area contributed by atoms with E-state index < -0.39 is 16.1 Å². The first-order chi connectivity index (χ1) is 18.5. The average Bonchev–Trinajstić information content (AvgIpc) is 2.89. The first kappa shape index (κ1) is 30.4. The monoisotopic (exact) mass is 613 g/mol. The highest BCUT2D eigenvalue weighted by Crippen LogP contribution is 2.23. The Morgan fingerprint density at radius 3 is 2.23 bits per heavy atom. The third-order valence-electron chi connectivity index (χ3n) is 6.69. The van der Waals surface area contributed by atoms with Crippen LogP contribution in [0.5, 0.6) is 0 Å². The third kappa shape index (κ3) is 8.66. The molecular formula is C30H36BrN3O4S. The highest BCUT2D eigenvalue weighted by atomic mass is 79.9. The van der Waals surface area contributed by atoms with Gasteiger partial charge in [0.2, 0.25) is 21.8 Å². The van der Waals surface area contributed by atoms with Crippen LogP contribution in [0.25, 0.3) is 0 Å². The Morgan fingerprint density at radius 1 is 0.923 bits per heavy atom. The Hall–Kier alpha value is -3.17. The molecule has 208 valence electrons. The molecular weight excluding hydrogens is 578 g/mol. The largest absolute Gasteiger partial charge is 0.357 e. The van der Waals surface area contributed by atoms with Gasteiger partial charge in [0, 0.05) is 37.5 Å². The summed E-state index contributed by atoms with van der Waals surface area (Å²) in [4.78, 5) is 28.4. The lowest BCUT2D eigenvalue weighted by Gasteiger charge is -2.31. The molecule has 0 saturated heterocycles. The van der Waals surface area contributed by atoms with E-state index in [1.807, 2.05) is 80.6 Å². The second kappa shape index (κ2) is 13.8. The van der Waals surface area contributed by atoms with E-state index >= 15 is 0 Å². The molecule has 0 radical (unpaired) electrons. The number of benzene rings is 3. The van der Waals surface area contributed by atoms with Crippen LogP contribution in [-0.2, 0) is 32.6 Å². The van der Waals surface area contributed by atoms with Gasteiger partial charge in [0.25, 0.3) is 0 Å². The summed E-state index contributed by atoms with van der Waals surface area (Å²) in [5.74, 6) is -0.469. The molecule has 0 fully saturated rings. The molecule has 0 saturated carbocycles. The Bertz CT molecular complexity index is 1400. The molecule has 3 aromatic rings. The lowest BCUT2D eigenvalue weighted by molar-refractivity contribution is -0.141. The topological polar surface area (TPSA) is 86.8 Å². The number of nitrogens with one attached hydrogen (secondary N) is 1. The van der Waals surface area contributed by atoms with Gasteiger partial charge < -0.3 is 10.2 Å². The fraction of sp³-hybridized carbons (Fsp3) is 0.333. The minimum atomic E-state index is -3.55. The van der Waals surface area contributed by atoms with Crippen LogP contribution in [0.4, 0.5) is 5.69 Å². The van der Waals surface area contributed by atoms with Crippen molar-refractivity contribution in [3.8, 4) is 0 Å². The van der Waals surface area contributed by atoms with Crippen LogP contribution in [0.3, 0.4) is 0 Å². The van der Waals surface area contributed by atoms with Gasteiger partial charge in [0.05, 0.1) is 11.9 Å². The number of rotatable bonds is 12. The molecule has 39 heavy (non-hydrogen) atoms. The van der Waals surface area contributed by atoms with Crippen molar-refractivity contribution < 1.29 is 18.0 Å². The molecule has 0 aliphatic heterocycles. The number of hydrogen-bond acceptors (Lipinski definition) is 4. The highest BCUT2D eigenvalue weighted by molar-refractivity contribution is 9.10. The summed E-state index contributed by atoms with van der Waals surface area (Å²) in [6.45, 7) is 4.31. The summed E-state index contributed by atoms with van der Waals surface area (Å²) in [6.07, 6.45) is 1.93. The van der Waals surface area contributed by atoms with Gasteiger partial charge in [-0.05, 0) is 66.8 Å². The molecule has 3 aromatic carbocycles. The molecule has 0 unspecified atom stereocenters. The van der Waals surface area contributed by atoms with E-state index in [4.69, 9.17) is 0 Å². The number of likely N-dealkylation sites (N-methyl/N-ethyl adjacent to an activating group) is 1. The van der Waals surface area contributed by atoms with Gasteiger partial charge in [-0.15, -0.1) is 0 Å². The normalized spacial score (nSPS) is 12.0. The Morgan fingerprint density at radius 2 is 1.62 bits per heavy atom. The summed E-state index contributed by atoms with van der Waals surface area (Å²) >= 11 is 3.49. The zero-order valence-corrected chi connectivity index (χ0v) is 25.3. The van der Waals surface area contributed by atoms with Crippen molar-refractivity contribution in [2.45, 2.75) is 45.7 Å². The van der Waals surface area contributed by atoms with Crippen molar-refractivity contribution in [1.29, 1.82) is 0 Å². The van der Waals surface area contributed by atoms with E-state index in [0.29, 0.717) is 18.5 Å². The summed E-state index contributed by atoms with van der Waals surface area (Å²) in [5.41, 5.74) is 4.46. The maximum atomic E-state index is 13.7. The number of aryl methyl sites for hydroxylation is 2. The smallest absolute Gasteiger partial charge is 0.242 e. The van der Waals surface area contributed by atoms with Crippen molar-refractivity contribution in [2.24, 2.45) is 0 Å². The van der Waals surface area contributed by atoms with E-state index in [1.165, 1.54) is 10.6 Å². The number of carbonyl (C=O) groups excluding carboxylic acids is 2. The molecule has 1 N–H and O–H groups in total. The second-order valence-corrected chi connectivity index (χ2v) is 12.5. The standard InChI is InChI=1S/C30H36BrN3O4S/c1-22-15-16-27(18-23(22)2)34(39(4,37)38)17-9-14-29(35)33(21-25-12-8-13-26(31)19-25)28(30(36)32-3)20-24-10-6-5-7-11-24/h5-8,10-13,15-16,18-19,28H,9,14,17,20-21H2,1-4H3,(H,32,36)/t28-/m0/s1. The molecule has 7 nitrogen and oxygen atoms in total. The van der Waals surface area contributed by atoms with Crippen LogP contribution >= 0.6 is 15.9 Å². The maximum Gasteiger partial charge on any atom is 0.242 e. The van der Waals surface area contributed by atoms with Gasteiger partial charge in [-0.2, -0.15) is 0 Å². The molecule has 0 aliphatic carbocycles. The Balaban J connectivity index is 1.85. The van der Waals surface area contributed by atoms with E-state index in [2.05, 4.69) is 21.2 Å².